The molecule has 1 fully saturated rings. The molecule has 0 bridgehead atoms. The molecular formula is C9H17NO2. The second-order valence-electron chi connectivity index (χ2n) is 3.81. The first-order chi connectivity index (χ1) is 5.68. The number of carbonyl (C=O) groups is 1. The van der Waals surface area contributed by atoms with Crippen molar-refractivity contribution < 1.29 is 9.53 Å². The summed E-state index contributed by atoms with van der Waals surface area (Å²) in [6, 6.07) is 0. The summed E-state index contributed by atoms with van der Waals surface area (Å²) in [6.07, 6.45) is 0.633. The lowest BCUT2D eigenvalue weighted by molar-refractivity contribution is -0.122. The van der Waals surface area contributed by atoms with Crippen LogP contribution in [0.15, 0.2) is 0 Å². The molecule has 0 radical (unpaired) electrons. The summed E-state index contributed by atoms with van der Waals surface area (Å²) in [4.78, 5) is 11.1. The highest BCUT2D eigenvalue weighted by Crippen LogP contribution is 2.08. The first-order valence-electron chi connectivity index (χ1n) is 4.53. The van der Waals surface area contributed by atoms with E-state index in [-0.39, 0.29) is 5.91 Å². The molecule has 1 heterocycles. The van der Waals surface area contributed by atoms with Gasteiger partial charge >= 0.3 is 0 Å². The fourth-order valence-corrected chi connectivity index (χ4v) is 1.10. The Bertz CT molecular complexity index is 153. The molecule has 0 aromatic heterocycles. The van der Waals surface area contributed by atoms with Crippen LogP contribution in [-0.2, 0) is 9.53 Å². The molecular weight excluding hydrogens is 154 g/mol. The van der Waals surface area contributed by atoms with E-state index in [0.717, 1.165) is 19.8 Å². The van der Waals surface area contributed by atoms with Crippen LogP contribution in [0.1, 0.15) is 20.3 Å². The van der Waals surface area contributed by atoms with Gasteiger partial charge in [-0.25, -0.2) is 0 Å². The summed E-state index contributed by atoms with van der Waals surface area (Å²) in [6.45, 7) is 6.49. The monoisotopic (exact) mass is 171 g/mol. The molecule has 1 N–H and O–H groups in total. The average molecular weight is 171 g/mol. The van der Waals surface area contributed by atoms with Crippen LogP contribution in [0.3, 0.4) is 0 Å². The molecule has 3 nitrogen and oxygen atoms in total. The van der Waals surface area contributed by atoms with E-state index in [2.05, 4.69) is 5.32 Å². The third-order valence-electron chi connectivity index (χ3n) is 1.89. The molecule has 0 spiro atoms. The highest BCUT2D eigenvalue weighted by atomic mass is 16.5. The van der Waals surface area contributed by atoms with Crippen LogP contribution in [0.2, 0.25) is 0 Å². The van der Waals surface area contributed by atoms with Crippen molar-refractivity contribution in [3.05, 3.63) is 0 Å². The Morgan fingerprint density at radius 2 is 2.25 bits per heavy atom. The van der Waals surface area contributed by atoms with E-state index in [0.29, 0.717) is 18.3 Å². The lowest BCUT2D eigenvalue weighted by Gasteiger charge is -2.26. The molecule has 1 amide bonds. The topological polar surface area (TPSA) is 38.3 Å². The van der Waals surface area contributed by atoms with Crippen molar-refractivity contribution in [2.45, 2.75) is 20.3 Å². The largest absolute Gasteiger partial charge is 0.381 e. The Kier molecular flexibility index (Phi) is 3.53. The highest BCUT2D eigenvalue weighted by Gasteiger charge is 2.18. The van der Waals surface area contributed by atoms with Gasteiger partial charge in [0.25, 0.3) is 0 Å². The lowest BCUT2D eigenvalue weighted by atomic mass is 10.1. The highest BCUT2D eigenvalue weighted by molar-refractivity contribution is 5.76. The molecule has 0 aromatic carbocycles. The Hall–Kier alpha value is -0.570. The fraction of sp³-hybridized carbons (Fsp3) is 0.889. The summed E-state index contributed by atoms with van der Waals surface area (Å²) >= 11 is 0. The SMILES string of the molecule is CC(C)CC(=O)NCC1COC1. The van der Waals surface area contributed by atoms with Crippen LogP contribution in [0.4, 0.5) is 0 Å². The number of ether oxygens (including phenoxy) is 1. The predicted octanol–water partition coefficient (Wildman–Crippen LogP) is 0.795. The zero-order valence-corrected chi connectivity index (χ0v) is 7.80. The van der Waals surface area contributed by atoms with Gasteiger partial charge in [-0.1, -0.05) is 13.8 Å². The van der Waals surface area contributed by atoms with Crippen LogP contribution in [0.5, 0.6) is 0 Å². The molecule has 0 saturated carbocycles. The second kappa shape index (κ2) is 4.45. The average Bonchev–Trinajstić information content (AvgIpc) is 1.81. The smallest absolute Gasteiger partial charge is 0.220 e. The van der Waals surface area contributed by atoms with Crippen molar-refractivity contribution in [1.29, 1.82) is 0 Å². The van der Waals surface area contributed by atoms with E-state index in [1.54, 1.807) is 0 Å². The normalized spacial score (nSPS) is 17.6. The molecule has 1 aliphatic rings. The van der Waals surface area contributed by atoms with Crippen LogP contribution in [0, 0.1) is 11.8 Å². The molecule has 0 aromatic rings. The van der Waals surface area contributed by atoms with Gasteiger partial charge in [-0.3, -0.25) is 4.79 Å². The first kappa shape index (κ1) is 9.52. The van der Waals surface area contributed by atoms with E-state index >= 15 is 0 Å². The van der Waals surface area contributed by atoms with Crippen LogP contribution < -0.4 is 5.32 Å². The molecule has 0 aliphatic carbocycles. The number of hydrogen-bond donors (Lipinski definition) is 1. The van der Waals surface area contributed by atoms with Crippen molar-refractivity contribution in [2.75, 3.05) is 19.8 Å². The third kappa shape index (κ3) is 3.22. The first-order valence-corrected chi connectivity index (χ1v) is 4.53. The maximum absolute atomic E-state index is 11.1. The molecule has 0 unspecified atom stereocenters. The molecule has 1 aliphatic heterocycles. The Balaban J connectivity index is 2.01. The van der Waals surface area contributed by atoms with Gasteiger partial charge in [-0.2, -0.15) is 0 Å². The van der Waals surface area contributed by atoms with Gasteiger partial charge < -0.3 is 10.1 Å². The van der Waals surface area contributed by atoms with Gasteiger partial charge in [0.1, 0.15) is 0 Å². The Labute approximate surface area is 73.5 Å². The maximum Gasteiger partial charge on any atom is 0.220 e. The van der Waals surface area contributed by atoms with Gasteiger partial charge in [0, 0.05) is 18.9 Å². The molecule has 12 heavy (non-hydrogen) atoms. The predicted molar refractivity (Wildman–Crippen MR) is 46.8 cm³/mol. The molecule has 3 heteroatoms. The summed E-state index contributed by atoms with van der Waals surface area (Å²) in [5, 5.41) is 2.90. The van der Waals surface area contributed by atoms with E-state index in [1.807, 2.05) is 13.8 Å². The summed E-state index contributed by atoms with van der Waals surface area (Å²) in [5.74, 6) is 1.17. The zero-order valence-electron chi connectivity index (χ0n) is 7.80. The summed E-state index contributed by atoms with van der Waals surface area (Å²) in [5.41, 5.74) is 0. The number of carbonyl (C=O) groups excluding carboxylic acids is 1. The fourth-order valence-electron chi connectivity index (χ4n) is 1.10. The van der Waals surface area contributed by atoms with Crippen molar-refractivity contribution >= 4 is 5.91 Å². The maximum atomic E-state index is 11.1. The van der Waals surface area contributed by atoms with E-state index in [1.165, 1.54) is 0 Å². The van der Waals surface area contributed by atoms with Crippen LogP contribution in [0.25, 0.3) is 0 Å². The van der Waals surface area contributed by atoms with E-state index in [9.17, 15) is 4.79 Å². The van der Waals surface area contributed by atoms with Gasteiger partial charge in [-0.15, -0.1) is 0 Å². The Morgan fingerprint density at radius 3 is 2.67 bits per heavy atom. The minimum absolute atomic E-state index is 0.164. The summed E-state index contributed by atoms with van der Waals surface area (Å²) in [7, 11) is 0. The quantitative estimate of drug-likeness (QED) is 0.679. The van der Waals surface area contributed by atoms with Crippen molar-refractivity contribution in [3.63, 3.8) is 0 Å². The second-order valence-corrected chi connectivity index (χ2v) is 3.81. The van der Waals surface area contributed by atoms with Crippen LogP contribution >= 0.6 is 0 Å². The van der Waals surface area contributed by atoms with Gasteiger partial charge in [-0.05, 0) is 5.92 Å². The third-order valence-corrected chi connectivity index (χ3v) is 1.89. The van der Waals surface area contributed by atoms with Gasteiger partial charge in [0.15, 0.2) is 0 Å². The molecule has 70 valence electrons. The molecule has 0 atom stereocenters. The molecule has 1 saturated heterocycles. The Morgan fingerprint density at radius 1 is 1.58 bits per heavy atom. The van der Waals surface area contributed by atoms with Gasteiger partial charge in [0.05, 0.1) is 13.2 Å². The van der Waals surface area contributed by atoms with E-state index in [4.69, 9.17) is 4.74 Å². The van der Waals surface area contributed by atoms with Crippen molar-refractivity contribution in [2.24, 2.45) is 11.8 Å². The minimum atomic E-state index is 0.164. The van der Waals surface area contributed by atoms with Crippen molar-refractivity contribution in [1.82, 2.24) is 5.32 Å². The molecule has 1 rings (SSSR count). The standard InChI is InChI=1S/C9H17NO2/c1-7(2)3-9(11)10-4-8-5-12-6-8/h7-8H,3-6H2,1-2H3,(H,10,11). The van der Waals surface area contributed by atoms with Crippen LogP contribution in [-0.4, -0.2) is 25.7 Å². The minimum Gasteiger partial charge on any atom is -0.381 e. The number of rotatable bonds is 4. The number of hydrogen-bond acceptors (Lipinski definition) is 2. The van der Waals surface area contributed by atoms with Crippen molar-refractivity contribution in [3.8, 4) is 0 Å². The van der Waals surface area contributed by atoms with Gasteiger partial charge in [0.2, 0.25) is 5.91 Å². The summed E-state index contributed by atoms with van der Waals surface area (Å²) < 4.78 is 5.00. The van der Waals surface area contributed by atoms with E-state index < -0.39 is 0 Å². The number of nitrogens with one attached hydrogen (secondary N) is 1. The zero-order chi connectivity index (χ0) is 8.97. The lowest BCUT2D eigenvalue weighted by Crippen LogP contribution is -2.39. The number of amides is 1.